The Balaban J connectivity index is 2.27. The van der Waals surface area contributed by atoms with E-state index in [4.69, 9.17) is 31.9 Å². The topological polar surface area (TPSA) is 128 Å². The smallest absolute Gasteiger partial charge is 0.359 e. The summed E-state index contributed by atoms with van der Waals surface area (Å²) in [6, 6.07) is 1.42. The molecule has 1 aromatic rings. The van der Waals surface area contributed by atoms with Gasteiger partial charge in [-0.25, -0.2) is 9.18 Å². The number of halogens is 2. The lowest BCUT2D eigenvalue weighted by molar-refractivity contribution is -0.0985. The van der Waals surface area contributed by atoms with Gasteiger partial charge in [-0.1, -0.05) is 6.92 Å². The van der Waals surface area contributed by atoms with Gasteiger partial charge in [-0.3, -0.25) is 9.13 Å². The van der Waals surface area contributed by atoms with Crippen LogP contribution in [0.5, 0.6) is 0 Å². The number of hydrogen-bond donors (Lipinski definition) is 3. The molecule has 23 heavy (non-hydrogen) atoms. The summed E-state index contributed by atoms with van der Waals surface area (Å²) < 4.78 is 32.2. The molecule has 2 heterocycles. The van der Waals surface area contributed by atoms with Crippen molar-refractivity contribution in [3.63, 3.8) is 0 Å². The van der Waals surface area contributed by atoms with Gasteiger partial charge in [-0.15, -0.1) is 11.6 Å². The Morgan fingerprint density at radius 3 is 2.87 bits per heavy atom. The van der Waals surface area contributed by atoms with Gasteiger partial charge in [-0.2, -0.15) is 4.98 Å². The molecule has 1 aromatic heterocycles. The third-order valence-electron chi connectivity index (χ3n) is 4.14. The fourth-order valence-electron chi connectivity index (χ4n) is 2.69. The molecular weight excluding hydrogens is 352 g/mol. The van der Waals surface area contributed by atoms with Crippen LogP contribution in [0.3, 0.4) is 0 Å². The molecule has 1 saturated heterocycles. The van der Waals surface area contributed by atoms with Gasteiger partial charge in [0, 0.05) is 12.1 Å². The minimum Gasteiger partial charge on any atom is -0.383 e. The van der Waals surface area contributed by atoms with E-state index in [0.717, 1.165) is 0 Å². The van der Waals surface area contributed by atoms with Gasteiger partial charge in [-0.05, 0) is 18.9 Å². The molecule has 0 radical (unpaired) electrons. The second-order valence-corrected chi connectivity index (χ2v) is 7.54. The summed E-state index contributed by atoms with van der Waals surface area (Å²) in [6.07, 6.45) is 1.23. The van der Waals surface area contributed by atoms with Gasteiger partial charge in [0.25, 0.3) is 0 Å². The zero-order valence-corrected chi connectivity index (χ0v) is 14.0. The van der Waals surface area contributed by atoms with Crippen LogP contribution < -0.4 is 11.4 Å². The van der Waals surface area contributed by atoms with E-state index in [9.17, 15) is 13.8 Å². The van der Waals surface area contributed by atoms with E-state index in [1.807, 2.05) is 0 Å². The number of rotatable bonds is 5. The third kappa shape index (κ3) is 3.59. The van der Waals surface area contributed by atoms with Crippen molar-refractivity contribution < 1.29 is 23.5 Å². The molecule has 1 fully saturated rings. The summed E-state index contributed by atoms with van der Waals surface area (Å²) >= 11 is 5.90. The molecule has 4 atom stereocenters. The Kier molecular flexibility index (Phi) is 5.18. The van der Waals surface area contributed by atoms with Gasteiger partial charge in [0.15, 0.2) is 0 Å². The molecule has 1 aliphatic rings. The highest BCUT2D eigenvalue weighted by molar-refractivity contribution is 7.52. The molecule has 11 heteroatoms. The molecule has 8 nitrogen and oxygen atoms in total. The molecule has 1 aliphatic heterocycles. The predicted octanol–water partition coefficient (Wildman–Crippen LogP) is 1.22. The Morgan fingerprint density at radius 1 is 1.70 bits per heavy atom. The number of alkyl halides is 2. The molecule has 0 bridgehead atoms. The quantitative estimate of drug-likeness (QED) is 0.526. The highest BCUT2D eigenvalue weighted by atomic mass is 35.5. The van der Waals surface area contributed by atoms with Crippen LogP contribution in [-0.4, -0.2) is 36.7 Å². The minimum absolute atomic E-state index is 0.0616. The van der Waals surface area contributed by atoms with Crippen molar-refractivity contribution in [2.24, 2.45) is 5.92 Å². The number of ether oxygens (including phenoxy) is 1. The van der Waals surface area contributed by atoms with Crippen LogP contribution >= 0.6 is 19.2 Å². The summed E-state index contributed by atoms with van der Waals surface area (Å²) in [5, 5.41) is 0. The zero-order valence-electron chi connectivity index (χ0n) is 12.3. The second-order valence-electron chi connectivity index (χ2n) is 5.60. The highest BCUT2D eigenvalue weighted by Crippen LogP contribution is 2.52. The van der Waals surface area contributed by atoms with Gasteiger partial charge >= 0.3 is 13.3 Å². The molecule has 1 unspecified atom stereocenters. The van der Waals surface area contributed by atoms with Crippen molar-refractivity contribution in [2.45, 2.75) is 37.5 Å². The third-order valence-corrected chi connectivity index (χ3v) is 5.68. The predicted molar refractivity (Wildman–Crippen MR) is 81.8 cm³/mol. The summed E-state index contributed by atoms with van der Waals surface area (Å²) in [4.78, 5) is 33.5. The number of nitrogen functional groups attached to an aromatic ring is 1. The maximum atomic E-state index is 14.0. The Labute approximate surface area is 136 Å². The van der Waals surface area contributed by atoms with E-state index in [2.05, 4.69) is 4.98 Å². The Morgan fingerprint density at radius 2 is 2.35 bits per heavy atom. The van der Waals surface area contributed by atoms with Crippen LogP contribution in [0.15, 0.2) is 17.1 Å². The lowest BCUT2D eigenvalue weighted by Gasteiger charge is -2.35. The number of nitrogens with two attached hydrogens (primary N) is 1. The van der Waals surface area contributed by atoms with Crippen molar-refractivity contribution in [3.8, 4) is 0 Å². The molecule has 4 N–H and O–H groups in total. The lowest BCUT2D eigenvalue weighted by atomic mass is 9.88. The van der Waals surface area contributed by atoms with Crippen LogP contribution in [0.4, 0.5) is 10.2 Å². The van der Waals surface area contributed by atoms with Gasteiger partial charge < -0.3 is 20.3 Å². The van der Waals surface area contributed by atoms with E-state index in [1.165, 1.54) is 23.8 Å². The maximum Gasteiger partial charge on any atom is 0.359 e. The van der Waals surface area contributed by atoms with Crippen molar-refractivity contribution >= 4 is 25.0 Å². The number of nitrogens with zero attached hydrogens (tertiary/aromatic N) is 2. The van der Waals surface area contributed by atoms with Crippen LogP contribution in [0.25, 0.3) is 0 Å². The average molecular weight is 370 g/mol. The first kappa shape index (κ1) is 18.4. The van der Waals surface area contributed by atoms with Gasteiger partial charge in [0.1, 0.15) is 12.0 Å². The van der Waals surface area contributed by atoms with E-state index < -0.39 is 36.9 Å². The fraction of sp³-hybridized carbons (Fsp3) is 0.667. The first-order valence-electron chi connectivity index (χ1n) is 6.88. The van der Waals surface area contributed by atoms with E-state index in [1.54, 1.807) is 0 Å². The molecule has 0 spiro atoms. The van der Waals surface area contributed by atoms with Crippen molar-refractivity contribution in [1.82, 2.24) is 9.55 Å². The Hall–Kier alpha value is -0.990. The van der Waals surface area contributed by atoms with E-state index >= 15 is 0 Å². The second kappa shape index (κ2) is 6.49. The standard InChI is InChI=1S/C12H18ClFN3O5P/c1-7(10(14)23(19,20)21)12(6-13)4-2-9(22-12)17-5-3-8(15)16-11(17)18/h3,5,7,9-10H,2,4,6H2,1H3,(H2,15,16,18)(H2,19,20,21)/t7?,9-,10-,12-/m1/s1. The highest BCUT2D eigenvalue weighted by Gasteiger charge is 2.51. The maximum absolute atomic E-state index is 14.0. The summed E-state index contributed by atoms with van der Waals surface area (Å²) in [7, 11) is -4.93. The lowest BCUT2D eigenvalue weighted by Crippen LogP contribution is -2.43. The SMILES string of the molecule is CC([C@H](F)P(=O)(O)O)[C@]1(CCl)CC[C@H](n2ccc(N)nc2=O)O1. The van der Waals surface area contributed by atoms with Gasteiger partial charge in [0.05, 0.1) is 11.5 Å². The fourth-order valence-corrected chi connectivity index (χ4v) is 3.99. The van der Waals surface area contributed by atoms with Crippen molar-refractivity contribution in [2.75, 3.05) is 11.6 Å². The molecule has 0 aliphatic carbocycles. The molecular formula is C12H18ClFN3O5P. The molecule has 2 rings (SSSR count). The van der Waals surface area contributed by atoms with Gasteiger partial charge in [0.2, 0.25) is 5.91 Å². The minimum atomic E-state index is -4.93. The largest absolute Gasteiger partial charge is 0.383 e. The zero-order chi connectivity index (χ0) is 17.4. The number of anilines is 1. The van der Waals surface area contributed by atoms with Crippen molar-refractivity contribution in [1.29, 1.82) is 0 Å². The summed E-state index contributed by atoms with van der Waals surface area (Å²) in [6.45, 7) is 1.33. The Bertz CT molecular complexity index is 683. The number of hydrogen-bond acceptors (Lipinski definition) is 5. The summed E-state index contributed by atoms with van der Waals surface area (Å²) in [5.74, 6) is -3.65. The van der Waals surface area contributed by atoms with Crippen LogP contribution in [0.2, 0.25) is 0 Å². The normalized spacial score (nSPS) is 27.8. The average Bonchev–Trinajstić information content (AvgIpc) is 2.90. The van der Waals surface area contributed by atoms with Crippen LogP contribution in [-0.2, 0) is 9.30 Å². The van der Waals surface area contributed by atoms with Crippen molar-refractivity contribution in [3.05, 3.63) is 22.7 Å². The first-order chi connectivity index (χ1) is 10.6. The summed E-state index contributed by atoms with van der Waals surface area (Å²) in [5.41, 5.74) is 3.51. The molecule has 0 aromatic carbocycles. The molecule has 130 valence electrons. The molecule has 0 amide bonds. The number of aromatic nitrogens is 2. The monoisotopic (exact) mass is 369 g/mol. The van der Waals surface area contributed by atoms with E-state index in [-0.39, 0.29) is 18.1 Å². The van der Waals surface area contributed by atoms with Crippen LogP contribution in [0, 0.1) is 5.92 Å². The van der Waals surface area contributed by atoms with Crippen LogP contribution in [0.1, 0.15) is 26.0 Å². The van der Waals surface area contributed by atoms with E-state index in [0.29, 0.717) is 6.42 Å². The first-order valence-corrected chi connectivity index (χ1v) is 9.10. The molecule has 0 saturated carbocycles.